The third-order valence-corrected chi connectivity index (χ3v) is 8.35. The lowest BCUT2D eigenvalue weighted by Crippen LogP contribution is -1.92. The zero-order chi connectivity index (χ0) is 34.4. The highest BCUT2D eigenvalue weighted by molar-refractivity contribution is 6.27. The lowest BCUT2D eigenvalue weighted by atomic mass is 9.83. The van der Waals surface area contributed by atoms with Crippen molar-refractivity contribution >= 4 is 54.3 Å². The molecule has 0 bridgehead atoms. The van der Waals surface area contributed by atoms with Crippen LogP contribution in [0.2, 0.25) is 0 Å². The molecule has 0 unspecified atom stereocenters. The van der Waals surface area contributed by atoms with Gasteiger partial charge < -0.3 is 4.42 Å². The lowest BCUT2D eigenvalue weighted by Gasteiger charge is -2.19. The summed E-state index contributed by atoms with van der Waals surface area (Å²) in [6.45, 7) is 0. The van der Waals surface area contributed by atoms with Gasteiger partial charge >= 0.3 is 0 Å². The molecule has 0 aliphatic carbocycles. The molecule has 0 N–H and O–H groups in total. The third kappa shape index (κ3) is 3.65. The summed E-state index contributed by atoms with van der Waals surface area (Å²) in [7, 11) is 0. The van der Waals surface area contributed by atoms with E-state index in [4.69, 9.17) is 12.6 Å². The standard InChI is InChI=1S/C42H26O/c1-2-13-27(14-3-1)29-25-37(42-36-22-10-11-24-38(36)43-39(42)26-29)41-34-20-8-6-18-32(34)40(33-19-7-9-21-35(33)41)31-23-12-16-28-15-4-5-17-30(28)31/h1-26H/i4D,5D,12D,15D,16D,17D,23D. The molecule has 1 aromatic heterocycles. The van der Waals surface area contributed by atoms with Gasteiger partial charge in [0.25, 0.3) is 0 Å². The summed E-state index contributed by atoms with van der Waals surface area (Å²) >= 11 is 0. The Labute approximate surface area is 259 Å². The molecule has 9 rings (SSSR count). The maximum atomic E-state index is 9.24. The molecule has 1 nitrogen and oxygen atoms in total. The van der Waals surface area contributed by atoms with Crippen molar-refractivity contribution in [1.82, 2.24) is 0 Å². The zero-order valence-corrected chi connectivity index (χ0v) is 22.9. The Kier molecular flexibility index (Phi) is 3.95. The topological polar surface area (TPSA) is 13.1 Å². The minimum atomic E-state index is -0.473. The van der Waals surface area contributed by atoms with Crippen LogP contribution in [0.15, 0.2) is 162 Å². The summed E-state index contributed by atoms with van der Waals surface area (Å²) in [5.41, 5.74) is 6.27. The summed E-state index contributed by atoms with van der Waals surface area (Å²) in [5.74, 6) is 0. The zero-order valence-electron chi connectivity index (χ0n) is 29.9. The average Bonchev–Trinajstić information content (AvgIpc) is 3.53. The lowest BCUT2D eigenvalue weighted by molar-refractivity contribution is 0.669. The van der Waals surface area contributed by atoms with Gasteiger partial charge in [-0.15, -0.1) is 0 Å². The van der Waals surface area contributed by atoms with Crippen LogP contribution in [-0.4, -0.2) is 0 Å². The molecule has 0 atom stereocenters. The van der Waals surface area contributed by atoms with Gasteiger partial charge in [0, 0.05) is 10.8 Å². The van der Waals surface area contributed by atoms with Crippen molar-refractivity contribution < 1.29 is 14.0 Å². The summed E-state index contributed by atoms with van der Waals surface area (Å²) in [5, 5.41) is 5.20. The predicted octanol–water partition coefficient (Wildman–Crippen LogP) is 12.0. The van der Waals surface area contributed by atoms with Crippen LogP contribution in [-0.2, 0) is 0 Å². The van der Waals surface area contributed by atoms with Crippen molar-refractivity contribution in [3.8, 4) is 33.4 Å². The smallest absolute Gasteiger partial charge is 0.136 e. The van der Waals surface area contributed by atoms with Crippen molar-refractivity contribution in [1.29, 1.82) is 0 Å². The first-order chi connectivity index (χ1) is 24.3. The van der Waals surface area contributed by atoms with Crippen LogP contribution in [0.5, 0.6) is 0 Å². The normalized spacial score (nSPS) is 14.0. The van der Waals surface area contributed by atoms with Gasteiger partial charge in [-0.3, -0.25) is 0 Å². The highest BCUT2D eigenvalue weighted by atomic mass is 16.3. The molecule has 0 radical (unpaired) electrons. The Hall–Kier alpha value is -5.66. The molecule has 1 heteroatoms. The van der Waals surface area contributed by atoms with Gasteiger partial charge in [-0.25, -0.2) is 0 Å². The molecule has 8 aromatic carbocycles. The number of fused-ring (bicyclic) bond motifs is 6. The number of hydrogen-bond donors (Lipinski definition) is 0. The van der Waals surface area contributed by atoms with Crippen molar-refractivity contribution in [2.45, 2.75) is 0 Å². The first-order valence-electron chi connectivity index (χ1n) is 17.7. The predicted molar refractivity (Wildman–Crippen MR) is 183 cm³/mol. The van der Waals surface area contributed by atoms with Crippen LogP contribution < -0.4 is 0 Å². The van der Waals surface area contributed by atoms with Gasteiger partial charge in [-0.2, -0.15) is 0 Å². The van der Waals surface area contributed by atoms with E-state index >= 15 is 0 Å². The van der Waals surface area contributed by atoms with E-state index in [0.717, 1.165) is 65.7 Å². The van der Waals surface area contributed by atoms with Crippen LogP contribution in [0.25, 0.3) is 87.6 Å². The van der Waals surface area contributed by atoms with Crippen LogP contribution in [0.3, 0.4) is 0 Å². The van der Waals surface area contributed by atoms with E-state index in [1.807, 2.05) is 84.9 Å². The largest absolute Gasteiger partial charge is 0.456 e. The second kappa shape index (κ2) is 9.44. The van der Waals surface area contributed by atoms with Crippen LogP contribution >= 0.6 is 0 Å². The van der Waals surface area contributed by atoms with Crippen LogP contribution in [0.1, 0.15) is 9.60 Å². The van der Waals surface area contributed by atoms with Crippen LogP contribution in [0.4, 0.5) is 0 Å². The molecule has 0 fully saturated rings. The van der Waals surface area contributed by atoms with Crippen LogP contribution in [0, 0.1) is 0 Å². The van der Waals surface area contributed by atoms with E-state index in [-0.39, 0.29) is 28.4 Å². The summed E-state index contributed by atoms with van der Waals surface area (Å²) in [6, 6.07) is 35.5. The average molecular weight is 554 g/mol. The van der Waals surface area contributed by atoms with Gasteiger partial charge in [0.1, 0.15) is 11.2 Å². The minimum absolute atomic E-state index is 0.0635. The van der Waals surface area contributed by atoms with E-state index in [9.17, 15) is 1.37 Å². The van der Waals surface area contributed by atoms with Gasteiger partial charge in [-0.1, -0.05) is 139 Å². The summed E-state index contributed by atoms with van der Waals surface area (Å²) in [6.07, 6.45) is 0. The van der Waals surface area contributed by atoms with Crippen molar-refractivity contribution in [3.05, 3.63) is 158 Å². The third-order valence-electron chi connectivity index (χ3n) is 8.35. The number of benzene rings is 8. The Balaban J connectivity index is 1.51. The highest BCUT2D eigenvalue weighted by Gasteiger charge is 2.22. The van der Waals surface area contributed by atoms with E-state index in [2.05, 4.69) is 30.3 Å². The summed E-state index contributed by atoms with van der Waals surface area (Å²) in [4.78, 5) is 0. The number of rotatable bonds is 3. The van der Waals surface area contributed by atoms with Gasteiger partial charge in [-0.05, 0) is 83.9 Å². The molecule has 0 aliphatic rings. The van der Waals surface area contributed by atoms with E-state index in [1.165, 1.54) is 0 Å². The number of furan rings is 1. The monoisotopic (exact) mass is 553 g/mol. The Morgan fingerprint density at radius 2 is 1.00 bits per heavy atom. The van der Waals surface area contributed by atoms with E-state index in [0.29, 0.717) is 5.56 Å². The quantitative estimate of drug-likeness (QED) is 0.198. The Bertz CT molecular complexity index is 2830. The highest BCUT2D eigenvalue weighted by Crippen LogP contribution is 2.48. The molecule has 9 aromatic rings. The van der Waals surface area contributed by atoms with Gasteiger partial charge in [0.15, 0.2) is 0 Å². The molecule has 1 heterocycles. The number of hydrogen-bond acceptors (Lipinski definition) is 1. The van der Waals surface area contributed by atoms with Gasteiger partial charge in [0.2, 0.25) is 0 Å². The fourth-order valence-corrected chi connectivity index (χ4v) is 6.54. The molecule has 0 amide bonds. The van der Waals surface area contributed by atoms with E-state index in [1.54, 1.807) is 0 Å². The summed E-state index contributed by atoms with van der Waals surface area (Å²) < 4.78 is 67.9. The molecule has 0 aliphatic heterocycles. The molecule has 0 spiro atoms. The second-order valence-corrected chi connectivity index (χ2v) is 10.7. The molecule has 43 heavy (non-hydrogen) atoms. The minimum Gasteiger partial charge on any atom is -0.456 e. The maximum absolute atomic E-state index is 9.24. The fraction of sp³-hybridized carbons (Fsp3) is 0. The SMILES string of the molecule is [2H]c1c([2H])c([2H])c2c(-c3c4ccccc4c(-c4cc(-c5ccccc5)cc5oc6ccccc6c45)c4ccccc34)c([2H])c([2H])c([2H])c2c1[2H]. The van der Waals surface area contributed by atoms with Crippen molar-refractivity contribution in [2.24, 2.45) is 0 Å². The molecule has 200 valence electrons. The van der Waals surface area contributed by atoms with E-state index < -0.39 is 30.2 Å². The Morgan fingerprint density at radius 1 is 0.419 bits per heavy atom. The Morgan fingerprint density at radius 3 is 1.72 bits per heavy atom. The molecule has 0 saturated heterocycles. The fourth-order valence-electron chi connectivity index (χ4n) is 6.54. The van der Waals surface area contributed by atoms with Gasteiger partial charge in [0.05, 0.1) is 9.60 Å². The molecular formula is C42H26O. The first-order valence-corrected chi connectivity index (χ1v) is 14.2. The molecular weight excluding hydrogens is 520 g/mol. The second-order valence-electron chi connectivity index (χ2n) is 10.7. The number of para-hydroxylation sites is 1. The van der Waals surface area contributed by atoms with Crippen molar-refractivity contribution in [2.75, 3.05) is 0 Å². The maximum Gasteiger partial charge on any atom is 0.136 e. The van der Waals surface area contributed by atoms with Crippen molar-refractivity contribution in [3.63, 3.8) is 0 Å². The first kappa shape index (κ1) is 18.0. The molecule has 0 saturated carbocycles.